The van der Waals surface area contributed by atoms with Gasteiger partial charge in [-0.1, -0.05) is 23.7 Å². The highest BCUT2D eigenvalue weighted by atomic mass is 35.5. The van der Waals surface area contributed by atoms with E-state index in [0.717, 1.165) is 11.3 Å². The third-order valence-electron chi connectivity index (χ3n) is 4.98. The molecule has 3 rings (SSSR count). The predicted molar refractivity (Wildman–Crippen MR) is 135 cm³/mol. The third kappa shape index (κ3) is 7.27. The molecule has 0 radical (unpaired) electrons. The van der Waals surface area contributed by atoms with Crippen LogP contribution in [0, 0.1) is 0 Å². The molecule has 0 aromatic heterocycles. The lowest BCUT2D eigenvalue weighted by Gasteiger charge is -2.16. The van der Waals surface area contributed by atoms with Crippen LogP contribution >= 0.6 is 11.6 Å². The minimum atomic E-state index is -3.88. The van der Waals surface area contributed by atoms with Crippen LogP contribution in [0.3, 0.4) is 0 Å². The molecule has 10 heteroatoms. The van der Waals surface area contributed by atoms with Gasteiger partial charge in [0.2, 0.25) is 0 Å². The molecule has 1 atom stereocenters. The first-order valence-electron chi connectivity index (χ1n) is 10.8. The van der Waals surface area contributed by atoms with E-state index in [1.807, 2.05) is 38.1 Å². The Kier molecular flexibility index (Phi) is 8.84. The molecule has 0 fully saturated rings. The van der Waals surface area contributed by atoms with E-state index < -0.39 is 10.0 Å². The van der Waals surface area contributed by atoms with Gasteiger partial charge in [-0.2, -0.15) is 0 Å². The predicted octanol–water partition coefficient (Wildman–Crippen LogP) is 4.80. The molecule has 2 N–H and O–H groups in total. The van der Waals surface area contributed by atoms with E-state index in [9.17, 15) is 13.2 Å². The van der Waals surface area contributed by atoms with Crippen molar-refractivity contribution in [2.75, 3.05) is 25.0 Å². The van der Waals surface area contributed by atoms with Crippen molar-refractivity contribution in [2.45, 2.75) is 24.8 Å². The number of rotatable bonds is 11. The number of carbonyl (C=O) groups excluding carboxylic acids is 1. The molecule has 8 nitrogen and oxygen atoms in total. The zero-order chi connectivity index (χ0) is 25.4. The van der Waals surface area contributed by atoms with Gasteiger partial charge in [0.25, 0.3) is 15.9 Å². The Morgan fingerprint density at radius 2 is 1.63 bits per heavy atom. The van der Waals surface area contributed by atoms with Crippen LogP contribution in [-0.4, -0.2) is 34.6 Å². The van der Waals surface area contributed by atoms with E-state index in [4.69, 9.17) is 25.8 Å². The number of benzene rings is 3. The zero-order valence-electron chi connectivity index (χ0n) is 19.6. The first kappa shape index (κ1) is 26.2. The highest BCUT2D eigenvalue weighted by Gasteiger charge is 2.17. The second-order valence-electron chi connectivity index (χ2n) is 7.51. The molecule has 35 heavy (non-hydrogen) atoms. The minimum Gasteiger partial charge on any atom is -0.497 e. The Hall–Kier alpha value is -3.43. The Labute approximate surface area is 210 Å². The lowest BCUT2D eigenvalue weighted by atomic mass is 10.1. The molecular weight excluding hydrogens is 492 g/mol. The number of amides is 1. The topological polar surface area (TPSA) is 103 Å². The van der Waals surface area contributed by atoms with E-state index in [2.05, 4.69) is 10.0 Å². The normalized spacial score (nSPS) is 11.9. The molecule has 3 aromatic rings. The molecule has 0 aliphatic rings. The third-order valence-corrected chi connectivity index (χ3v) is 6.66. The summed E-state index contributed by atoms with van der Waals surface area (Å²) >= 11 is 6.23. The van der Waals surface area contributed by atoms with Crippen molar-refractivity contribution in [3.63, 3.8) is 0 Å². The first-order chi connectivity index (χ1) is 16.7. The number of methoxy groups -OCH3 is 1. The minimum absolute atomic E-state index is 0.0404. The van der Waals surface area contributed by atoms with Crippen molar-refractivity contribution in [1.29, 1.82) is 0 Å². The van der Waals surface area contributed by atoms with E-state index in [1.165, 1.54) is 18.2 Å². The van der Waals surface area contributed by atoms with E-state index >= 15 is 0 Å². The molecule has 0 saturated carbocycles. The number of anilines is 1. The van der Waals surface area contributed by atoms with Gasteiger partial charge in [-0.15, -0.1) is 0 Å². The first-order valence-corrected chi connectivity index (χ1v) is 12.7. The lowest BCUT2D eigenvalue weighted by molar-refractivity contribution is -0.123. The number of nitrogens with one attached hydrogen (secondary N) is 2. The van der Waals surface area contributed by atoms with Crippen LogP contribution in [0.1, 0.15) is 25.5 Å². The van der Waals surface area contributed by atoms with Gasteiger partial charge >= 0.3 is 0 Å². The monoisotopic (exact) mass is 518 g/mol. The molecule has 3 aromatic carbocycles. The number of halogens is 1. The van der Waals surface area contributed by atoms with Crippen LogP contribution < -0.4 is 24.2 Å². The average Bonchev–Trinajstić information content (AvgIpc) is 2.84. The average molecular weight is 519 g/mol. The summed E-state index contributed by atoms with van der Waals surface area (Å²) in [4.78, 5) is 12.3. The molecule has 0 saturated heterocycles. The van der Waals surface area contributed by atoms with Gasteiger partial charge in [-0.3, -0.25) is 9.52 Å². The maximum atomic E-state index is 12.7. The van der Waals surface area contributed by atoms with Crippen molar-refractivity contribution in [3.05, 3.63) is 77.3 Å². The lowest BCUT2D eigenvalue weighted by Crippen LogP contribution is -2.31. The maximum absolute atomic E-state index is 12.7. The molecule has 186 valence electrons. The maximum Gasteiger partial charge on any atom is 0.261 e. The molecule has 0 aliphatic heterocycles. The number of sulfonamides is 1. The quantitative estimate of drug-likeness (QED) is 0.378. The van der Waals surface area contributed by atoms with Crippen LogP contribution in [0.15, 0.2) is 71.6 Å². The Balaban J connectivity index is 1.58. The van der Waals surface area contributed by atoms with Crippen LogP contribution in [-0.2, 0) is 14.8 Å². The van der Waals surface area contributed by atoms with Crippen LogP contribution in [0.2, 0.25) is 5.02 Å². The van der Waals surface area contributed by atoms with Gasteiger partial charge < -0.3 is 19.5 Å². The highest BCUT2D eigenvalue weighted by Crippen LogP contribution is 2.29. The summed E-state index contributed by atoms with van der Waals surface area (Å²) in [6.45, 7) is 3.95. The fourth-order valence-electron chi connectivity index (χ4n) is 3.17. The van der Waals surface area contributed by atoms with Gasteiger partial charge in [-0.05, 0) is 74.0 Å². The van der Waals surface area contributed by atoms with E-state index in [1.54, 1.807) is 31.4 Å². The summed E-state index contributed by atoms with van der Waals surface area (Å²) in [6.07, 6.45) is 0. The molecule has 0 unspecified atom stereocenters. The van der Waals surface area contributed by atoms with Crippen molar-refractivity contribution in [3.8, 4) is 17.2 Å². The molecule has 1 amide bonds. The smallest absolute Gasteiger partial charge is 0.261 e. The van der Waals surface area contributed by atoms with Gasteiger partial charge in [0, 0.05) is 5.69 Å². The fraction of sp³-hybridized carbons (Fsp3) is 0.240. The number of ether oxygens (including phenoxy) is 3. The molecule has 0 spiro atoms. The second-order valence-corrected chi connectivity index (χ2v) is 9.60. The number of carbonyl (C=O) groups is 1. The zero-order valence-corrected chi connectivity index (χ0v) is 21.2. The Morgan fingerprint density at radius 3 is 2.23 bits per heavy atom. The SMILES string of the molecule is CCOc1ccc(NS(=O)(=O)c2ccc(OCC(=O)N[C@@H](C)c3ccc(OC)cc3)c(Cl)c2)cc1. The van der Waals surface area contributed by atoms with Crippen molar-refractivity contribution in [1.82, 2.24) is 5.32 Å². The molecular formula is C25H27ClN2O6S. The van der Waals surface area contributed by atoms with E-state index in [0.29, 0.717) is 18.0 Å². The molecule has 0 heterocycles. The summed E-state index contributed by atoms with van der Waals surface area (Å²) in [7, 11) is -2.29. The molecule has 0 aliphatic carbocycles. The van der Waals surface area contributed by atoms with Crippen molar-refractivity contribution in [2.24, 2.45) is 0 Å². The fourth-order valence-corrected chi connectivity index (χ4v) is 4.55. The Bertz CT molecular complexity index is 1250. The van der Waals surface area contributed by atoms with E-state index in [-0.39, 0.29) is 34.2 Å². The Morgan fingerprint density at radius 1 is 0.971 bits per heavy atom. The van der Waals surface area contributed by atoms with Crippen LogP contribution in [0.25, 0.3) is 0 Å². The van der Waals surface area contributed by atoms with Gasteiger partial charge in [0.15, 0.2) is 6.61 Å². The van der Waals surface area contributed by atoms with Gasteiger partial charge in [0.05, 0.1) is 29.7 Å². The van der Waals surface area contributed by atoms with Gasteiger partial charge in [-0.25, -0.2) is 8.42 Å². The van der Waals surface area contributed by atoms with Gasteiger partial charge in [0.1, 0.15) is 17.2 Å². The summed E-state index contributed by atoms with van der Waals surface area (Å²) in [5.41, 5.74) is 1.29. The second kappa shape index (κ2) is 11.8. The van der Waals surface area contributed by atoms with Crippen LogP contribution in [0.4, 0.5) is 5.69 Å². The summed E-state index contributed by atoms with van der Waals surface area (Å²) in [6, 6.07) is 17.7. The van der Waals surface area contributed by atoms with Crippen molar-refractivity contribution < 1.29 is 27.4 Å². The number of hydrogen-bond donors (Lipinski definition) is 2. The molecule has 0 bridgehead atoms. The largest absolute Gasteiger partial charge is 0.497 e. The van der Waals surface area contributed by atoms with Crippen LogP contribution in [0.5, 0.6) is 17.2 Å². The summed E-state index contributed by atoms with van der Waals surface area (Å²) in [5.74, 6) is 1.21. The number of hydrogen-bond acceptors (Lipinski definition) is 6. The highest BCUT2D eigenvalue weighted by molar-refractivity contribution is 7.92. The summed E-state index contributed by atoms with van der Waals surface area (Å²) in [5, 5.41) is 2.90. The summed E-state index contributed by atoms with van der Waals surface area (Å²) < 4.78 is 43.9. The standard InChI is InChI=1S/C25H27ClN2O6S/c1-4-33-21-11-7-19(8-12-21)28-35(30,31)22-13-14-24(23(26)15-22)34-16-25(29)27-17(2)18-5-9-20(32-3)10-6-18/h5-15,17,28H,4,16H2,1-3H3,(H,27,29)/t17-/m0/s1. The van der Waals surface area contributed by atoms with Crippen molar-refractivity contribution >= 4 is 33.2 Å².